The Kier molecular flexibility index (Phi) is 7.11. The van der Waals surface area contributed by atoms with Gasteiger partial charge in [0, 0.05) is 17.0 Å². The summed E-state index contributed by atoms with van der Waals surface area (Å²) in [5, 5.41) is -0.489. The highest BCUT2D eigenvalue weighted by atomic mass is 19.4. The summed E-state index contributed by atoms with van der Waals surface area (Å²) in [5.41, 5.74) is -0.846. The number of hydrogen-bond donors (Lipinski definition) is 0. The van der Waals surface area contributed by atoms with E-state index < -0.39 is 53.2 Å². The smallest absolute Gasteiger partial charge is 0.422 e. The fraction of sp³-hybridized carbons (Fsp3) is 0.111. The van der Waals surface area contributed by atoms with Gasteiger partial charge in [0.15, 0.2) is 24.0 Å². The van der Waals surface area contributed by atoms with Gasteiger partial charge in [-0.3, -0.25) is 0 Å². The number of fused-ring (bicyclic) bond motifs is 1. The summed E-state index contributed by atoms with van der Waals surface area (Å²) in [6.07, 6.45) is -3.35. The number of rotatable bonds is 7. The number of halogens is 8. The molecular formula is C27H16F8O2. The van der Waals surface area contributed by atoms with Crippen molar-refractivity contribution in [2.75, 3.05) is 13.2 Å². The first-order valence-corrected chi connectivity index (χ1v) is 10.6. The summed E-state index contributed by atoms with van der Waals surface area (Å²) >= 11 is 0. The molecule has 0 saturated carbocycles. The molecule has 0 atom stereocenters. The van der Waals surface area contributed by atoms with Gasteiger partial charge in [0.05, 0.1) is 5.56 Å². The van der Waals surface area contributed by atoms with Crippen LogP contribution in [-0.4, -0.2) is 19.4 Å². The maximum absolute atomic E-state index is 15.0. The summed E-state index contributed by atoms with van der Waals surface area (Å²) in [7, 11) is 0. The van der Waals surface area contributed by atoms with Gasteiger partial charge in [-0.2, -0.15) is 13.2 Å². The second kappa shape index (κ2) is 10.1. The minimum Gasteiger partial charge on any atom is -0.489 e. The summed E-state index contributed by atoms with van der Waals surface area (Å²) in [4.78, 5) is 0. The molecule has 2 nitrogen and oxygen atoms in total. The Morgan fingerprint density at radius 2 is 1.43 bits per heavy atom. The van der Waals surface area contributed by atoms with Crippen molar-refractivity contribution in [3.63, 3.8) is 0 Å². The topological polar surface area (TPSA) is 18.5 Å². The lowest BCUT2D eigenvalue weighted by atomic mass is 9.96. The van der Waals surface area contributed by atoms with Crippen molar-refractivity contribution in [2.45, 2.75) is 6.18 Å². The molecule has 0 aliphatic carbocycles. The molecule has 0 aliphatic rings. The molecule has 0 aromatic heterocycles. The molecule has 4 rings (SSSR count). The third kappa shape index (κ3) is 5.52. The molecule has 0 heterocycles. The van der Waals surface area contributed by atoms with Gasteiger partial charge in [-0.25, -0.2) is 22.0 Å². The number of alkyl halides is 3. The Labute approximate surface area is 205 Å². The van der Waals surface area contributed by atoms with Gasteiger partial charge in [0.2, 0.25) is 0 Å². The van der Waals surface area contributed by atoms with E-state index in [2.05, 4.69) is 11.3 Å². The minimum atomic E-state index is -4.82. The first kappa shape index (κ1) is 26.0. The molecular weight excluding hydrogens is 508 g/mol. The molecule has 10 heteroatoms. The fourth-order valence-electron chi connectivity index (χ4n) is 3.73. The van der Waals surface area contributed by atoms with Gasteiger partial charge in [-0.1, -0.05) is 24.8 Å². The summed E-state index contributed by atoms with van der Waals surface area (Å²) < 4.78 is 120. The Hall–Kier alpha value is -4.08. The molecule has 0 saturated heterocycles. The lowest BCUT2D eigenvalue weighted by Gasteiger charge is -2.14. The average molecular weight is 524 g/mol. The van der Waals surface area contributed by atoms with E-state index in [4.69, 9.17) is 4.74 Å². The van der Waals surface area contributed by atoms with Crippen molar-refractivity contribution >= 4 is 10.8 Å². The number of benzene rings is 4. The monoisotopic (exact) mass is 524 g/mol. The molecule has 0 bridgehead atoms. The van der Waals surface area contributed by atoms with Crippen LogP contribution in [0.4, 0.5) is 35.1 Å². The van der Waals surface area contributed by atoms with Crippen LogP contribution in [0, 0.1) is 29.1 Å². The van der Waals surface area contributed by atoms with Crippen LogP contribution < -0.4 is 9.47 Å². The Morgan fingerprint density at radius 1 is 0.730 bits per heavy atom. The zero-order chi connectivity index (χ0) is 26.9. The van der Waals surface area contributed by atoms with Crippen molar-refractivity contribution in [1.82, 2.24) is 0 Å². The molecule has 37 heavy (non-hydrogen) atoms. The molecule has 0 amide bonds. The van der Waals surface area contributed by atoms with Crippen LogP contribution in [0.5, 0.6) is 11.5 Å². The van der Waals surface area contributed by atoms with E-state index in [0.717, 1.165) is 36.4 Å². The van der Waals surface area contributed by atoms with E-state index in [1.165, 1.54) is 18.2 Å². The second-order valence-electron chi connectivity index (χ2n) is 7.90. The normalized spacial score (nSPS) is 11.6. The lowest BCUT2D eigenvalue weighted by Crippen LogP contribution is -2.20. The third-order valence-corrected chi connectivity index (χ3v) is 5.32. The Balaban J connectivity index is 1.71. The molecule has 0 fully saturated rings. The van der Waals surface area contributed by atoms with Gasteiger partial charge in [0.1, 0.15) is 29.8 Å². The van der Waals surface area contributed by atoms with E-state index in [1.807, 2.05) is 0 Å². The van der Waals surface area contributed by atoms with Gasteiger partial charge < -0.3 is 9.47 Å². The van der Waals surface area contributed by atoms with Gasteiger partial charge >= 0.3 is 6.18 Å². The maximum Gasteiger partial charge on any atom is 0.422 e. The third-order valence-electron chi connectivity index (χ3n) is 5.32. The minimum absolute atomic E-state index is 0.0932. The standard InChI is InChI=1S/C27H16F8O2/c1-2-7-36-17-4-6-18(20(28)12-17)16-9-21(29)24(22(30)10-16)14-3-5-19-15(8-14)11-23(31)26(25(19)32)37-13-27(33,34)35/h2-6,8-12H,1,7,13H2. The first-order valence-electron chi connectivity index (χ1n) is 10.6. The quantitative estimate of drug-likeness (QED) is 0.179. The van der Waals surface area contributed by atoms with Crippen LogP contribution in [0.25, 0.3) is 33.0 Å². The molecule has 0 N–H and O–H groups in total. The second-order valence-corrected chi connectivity index (χ2v) is 7.90. The highest BCUT2D eigenvalue weighted by Crippen LogP contribution is 2.37. The maximum atomic E-state index is 15.0. The zero-order valence-electron chi connectivity index (χ0n) is 18.7. The Morgan fingerprint density at radius 3 is 2.05 bits per heavy atom. The molecule has 0 spiro atoms. The Bertz CT molecular complexity index is 1470. The van der Waals surface area contributed by atoms with Gasteiger partial charge in [-0.15, -0.1) is 0 Å². The van der Waals surface area contributed by atoms with Crippen molar-refractivity contribution in [3.8, 4) is 33.8 Å². The van der Waals surface area contributed by atoms with E-state index in [1.54, 1.807) is 0 Å². The van der Waals surface area contributed by atoms with Crippen LogP contribution in [0.15, 0.2) is 67.3 Å². The largest absolute Gasteiger partial charge is 0.489 e. The van der Waals surface area contributed by atoms with Crippen molar-refractivity contribution in [1.29, 1.82) is 0 Å². The molecule has 4 aromatic rings. The lowest BCUT2D eigenvalue weighted by molar-refractivity contribution is -0.154. The van der Waals surface area contributed by atoms with Gasteiger partial charge in [-0.05, 0) is 52.9 Å². The molecule has 0 unspecified atom stereocenters. The van der Waals surface area contributed by atoms with E-state index in [-0.39, 0.29) is 39.8 Å². The van der Waals surface area contributed by atoms with Crippen molar-refractivity contribution in [3.05, 3.63) is 96.3 Å². The SMILES string of the molecule is C=CCOc1ccc(-c2cc(F)c(-c3ccc4c(F)c(OCC(F)(F)F)c(F)cc4c3)c(F)c2)c(F)c1. The predicted molar refractivity (Wildman–Crippen MR) is 122 cm³/mol. The first-order chi connectivity index (χ1) is 17.5. The van der Waals surface area contributed by atoms with Crippen LogP contribution in [-0.2, 0) is 0 Å². The average Bonchev–Trinajstić information content (AvgIpc) is 2.81. The van der Waals surface area contributed by atoms with E-state index in [9.17, 15) is 26.3 Å². The van der Waals surface area contributed by atoms with Gasteiger partial charge in [0.25, 0.3) is 0 Å². The summed E-state index contributed by atoms with van der Waals surface area (Å²) in [6, 6.07) is 9.50. The van der Waals surface area contributed by atoms with Crippen molar-refractivity contribution < 1.29 is 44.6 Å². The number of ether oxygens (including phenoxy) is 2. The molecule has 0 aliphatic heterocycles. The van der Waals surface area contributed by atoms with Crippen LogP contribution in [0.3, 0.4) is 0 Å². The van der Waals surface area contributed by atoms with Crippen molar-refractivity contribution in [2.24, 2.45) is 0 Å². The number of hydrogen-bond acceptors (Lipinski definition) is 2. The van der Waals surface area contributed by atoms with Crippen LogP contribution >= 0.6 is 0 Å². The fourth-order valence-corrected chi connectivity index (χ4v) is 3.73. The van der Waals surface area contributed by atoms with Crippen LogP contribution in [0.2, 0.25) is 0 Å². The van der Waals surface area contributed by atoms with E-state index in [0.29, 0.717) is 6.07 Å². The zero-order valence-corrected chi connectivity index (χ0v) is 18.7. The molecule has 192 valence electrons. The molecule has 4 aromatic carbocycles. The predicted octanol–water partition coefficient (Wildman–Crippen LogP) is 8.38. The highest BCUT2D eigenvalue weighted by Gasteiger charge is 2.30. The summed E-state index contributed by atoms with van der Waals surface area (Å²) in [6.45, 7) is 1.71. The molecule has 0 radical (unpaired) electrons. The summed E-state index contributed by atoms with van der Waals surface area (Å²) in [5.74, 6) is -6.77. The highest BCUT2D eigenvalue weighted by molar-refractivity contribution is 5.89. The van der Waals surface area contributed by atoms with E-state index >= 15 is 8.78 Å². The van der Waals surface area contributed by atoms with Crippen LogP contribution in [0.1, 0.15) is 0 Å².